The summed E-state index contributed by atoms with van der Waals surface area (Å²) in [4.78, 5) is 0. The Bertz CT molecular complexity index is 385. The Hall–Kier alpha value is -0.340. The van der Waals surface area contributed by atoms with Crippen LogP contribution in [0.2, 0.25) is 0 Å². The van der Waals surface area contributed by atoms with Gasteiger partial charge in [0.15, 0.2) is 0 Å². The fourth-order valence-electron chi connectivity index (χ4n) is 1.52. The lowest BCUT2D eigenvalue weighted by atomic mass is 10.0. The van der Waals surface area contributed by atoms with Crippen LogP contribution in [0.3, 0.4) is 0 Å². The number of benzene rings is 1. The van der Waals surface area contributed by atoms with Gasteiger partial charge in [-0.05, 0) is 36.6 Å². The fraction of sp³-hybridized carbons (Fsp3) is 0.333. The molecule has 0 saturated carbocycles. The summed E-state index contributed by atoms with van der Waals surface area (Å²) >= 11 is 6.98. The molecular weight excluding hydrogens is 332 g/mol. The van der Waals surface area contributed by atoms with Gasteiger partial charge in [-0.3, -0.25) is 11.3 Å². The largest absolute Gasteiger partial charge is 0.271 e. The maximum absolute atomic E-state index is 5.57. The van der Waals surface area contributed by atoms with Gasteiger partial charge >= 0.3 is 0 Å². The third-order valence-electron chi connectivity index (χ3n) is 2.35. The van der Waals surface area contributed by atoms with Crippen molar-refractivity contribution in [2.24, 2.45) is 5.84 Å². The number of nitrogens with two attached hydrogens (primary N) is 1. The summed E-state index contributed by atoms with van der Waals surface area (Å²) in [5.41, 5.74) is 3.97. The number of halogens is 2. The maximum atomic E-state index is 5.57. The first kappa shape index (κ1) is 13.7. The number of hydrazine groups is 1. The standard InChI is InChI=1S/C12H14Br2N2/c1-2-3-4-5-12(16-15)10-8-9(13)6-7-11(10)14/h1,6-8,12,16H,3-5,15H2. The maximum Gasteiger partial charge on any atom is 0.0471 e. The van der Waals surface area contributed by atoms with Gasteiger partial charge in [0, 0.05) is 21.4 Å². The van der Waals surface area contributed by atoms with E-state index in [1.165, 1.54) is 0 Å². The van der Waals surface area contributed by atoms with Gasteiger partial charge in [0.05, 0.1) is 0 Å². The highest BCUT2D eigenvalue weighted by Gasteiger charge is 2.12. The fourth-order valence-corrected chi connectivity index (χ4v) is 2.42. The molecule has 0 aromatic heterocycles. The molecule has 86 valence electrons. The zero-order valence-electron chi connectivity index (χ0n) is 8.84. The molecular formula is C12H14Br2N2. The monoisotopic (exact) mass is 344 g/mol. The Balaban J connectivity index is 2.78. The Morgan fingerprint density at radius 3 is 2.81 bits per heavy atom. The molecule has 3 N–H and O–H groups in total. The highest BCUT2D eigenvalue weighted by atomic mass is 79.9. The van der Waals surface area contributed by atoms with Crippen molar-refractivity contribution in [1.29, 1.82) is 0 Å². The summed E-state index contributed by atoms with van der Waals surface area (Å²) < 4.78 is 2.10. The number of unbranched alkanes of at least 4 members (excludes halogenated alkanes) is 1. The van der Waals surface area contributed by atoms with Crippen LogP contribution in [0.1, 0.15) is 30.9 Å². The molecule has 16 heavy (non-hydrogen) atoms. The van der Waals surface area contributed by atoms with Gasteiger partial charge in [-0.2, -0.15) is 0 Å². The summed E-state index contributed by atoms with van der Waals surface area (Å²) in [6.45, 7) is 0. The number of rotatable bonds is 5. The van der Waals surface area contributed by atoms with Crippen molar-refractivity contribution in [1.82, 2.24) is 5.43 Å². The minimum Gasteiger partial charge on any atom is -0.271 e. The molecule has 1 aromatic rings. The van der Waals surface area contributed by atoms with Gasteiger partial charge in [-0.15, -0.1) is 12.3 Å². The lowest BCUT2D eigenvalue weighted by molar-refractivity contribution is 0.500. The van der Waals surface area contributed by atoms with Gasteiger partial charge in [0.2, 0.25) is 0 Å². The van der Waals surface area contributed by atoms with Gasteiger partial charge in [-0.25, -0.2) is 0 Å². The minimum atomic E-state index is 0.125. The first-order valence-electron chi connectivity index (χ1n) is 5.03. The van der Waals surface area contributed by atoms with Crippen molar-refractivity contribution in [2.75, 3.05) is 0 Å². The Labute approximate surface area is 113 Å². The first-order chi connectivity index (χ1) is 7.69. The number of nitrogens with one attached hydrogen (secondary N) is 1. The van der Waals surface area contributed by atoms with Crippen LogP contribution >= 0.6 is 31.9 Å². The predicted molar refractivity (Wildman–Crippen MR) is 74.6 cm³/mol. The normalized spacial score (nSPS) is 12.1. The van der Waals surface area contributed by atoms with Gasteiger partial charge in [-0.1, -0.05) is 31.9 Å². The van der Waals surface area contributed by atoms with E-state index in [4.69, 9.17) is 12.3 Å². The molecule has 0 bridgehead atoms. The lowest BCUT2D eigenvalue weighted by Crippen LogP contribution is -2.28. The molecule has 0 fully saturated rings. The van der Waals surface area contributed by atoms with E-state index in [2.05, 4.69) is 49.3 Å². The van der Waals surface area contributed by atoms with Crippen molar-refractivity contribution in [2.45, 2.75) is 25.3 Å². The second-order valence-electron chi connectivity index (χ2n) is 3.48. The van der Waals surface area contributed by atoms with Gasteiger partial charge in [0.1, 0.15) is 0 Å². The van der Waals surface area contributed by atoms with Crippen molar-refractivity contribution in [3.05, 3.63) is 32.7 Å². The van der Waals surface area contributed by atoms with E-state index in [0.29, 0.717) is 0 Å². The molecule has 1 aromatic carbocycles. The summed E-state index contributed by atoms with van der Waals surface area (Å²) in [5, 5.41) is 0. The van der Waals surface area contributed by atoms with E-state index in [1.54, 1.807) is 0 Å². The Kier molecular flexibility index (Phi) is 6.07. The zero-order chi connectivity index (χ0) is 12.0. The topological polar surface area (TPSA) is 38.0 Å². The molecule has 1 unspecified atom stereocenters. The van der Waals surface area contributed by atoms with Crippen molar-refractivity contribution in [3.63, 3.8) is 0 Å². The van der Waals surface area contributed by atoms with E-state index in [-0.39, 0.29) is 6.04 Å². The third kappa shape index (κ3) is 3.91. The van der Waals surface area contributed by atoms with Crippen LogP contribution in [-0.2, 0) is 0 Å². The van der Waals surface area contributed by atoms with Crippen molar-refractivity contribution >= 4 is 31.9 Å². The zero-order valence-corrected chi connectivity index (χ0v) is 12.0. The summed E-state index contributed by atoms with van der Waals surface area (Å²) in [6, 6.07) is 6.18. The molecule has 0 aliphatic carbocycles. The van der Waals surface area contributed by atoms with Crippen LogP contribution in [0.15, 0.2) is 27.1 Å². The van der Waals surface area contributed by atoms with Crippen LogP contribution in [0, 0.1) is 12.3 Å². The summed E-state index contributed by atoms with van der Waals surface area (Å²) in [5.74, 6) is 8.20. The van der Waals surface area contributed by atoms with E-state index in [0.717, 1.165) is 33.8 Å². The molecule has 4 heteroatoms. The second kappa shape index (κ2) is 7.08. The molecule has 0 saturated heterocycles. The number of terminal acetylenes is 1. The Morgan fingerprint density at radius 2 is 2.19 bits per heavy atom. The number of hydrogen-bond donors (Lipinski definition) is 2. The highest BCUT2D eigenvalue weighted by molar-refractivity contribution is 9.11. The van der Waals surface area contributed by atoms with Crippen LogP contribution in [0.5, 0.6) is 0 Å². The lowest BCUT2D eigenvalue weighted by Gasteiger charge is -2.17. The molecule has 0 spiro atoms. The third-order valence-corrected chi connectivity index (χ3v) is 3.56. The Morgan fingerprint density at radius 1 is 1.44 bits per heavy atom. The van der Waals surface area contributed by atoms with E-state index < -0.39 is 0 Å². The molecule has 1 atom stereocenters. The molecule has 2 nitrogen and oxygen atoms in total. The molecule has 0 heterocycles. The van der Waals surface area contributed by atoms with E-state index >= 15 is 0 Å². The first-order valence-corrected chi connectivity index (χ1v) is 6.62. The van der Waals surface area contributed by atoms with Crippen LogP contribution in [-0.4, -0.2) is 0 Å². The van der Waals surface area contributed by atoms with E-state index in [9.17, 15) is 0 Å². The van der Waals surface area contributed by atoms with Crippen LogP contribution < -0.4 is 11.3 Å². The molecule has 0 aliphatic heterocycles. The minimum absolute atomic E-state index is 0.125. The quantitative estimate of drug-likeness (QED) is 0.371. The second-order valence-corrected chi connectivity index (χ2v) is 5.25. The van der Waals surface area contributed by atoms with Crippen LogP contribution in [0.25, 0.3) is 0 Å². The SMILES string of the molecule is C#CCCCC(NN)c1cc(Br)ccc1Br. The molecule has 0 amide bonds. The molecule has 0 aliphatic rings. The van der Waals surface area contributed by atoms with Crippen LogP contribution in [0.4, 0.5) is 0 Å². The van der Waals surface area contributed by atoms with Crippen molar-refractivity contribution < 1.29 is 0 Å². The van der Waals surface area contributed by atoms with Crippen molar-refractivity contribution in [3.8, 4) is 12.3 Å². The van der Waals surface area contributed by atoms with Gasteiger partial charge in [0.25, 0.3) is 0 Å². The average Bonchev–Trinajstić information content (AvgIpc) is 2.28. The average molecular weight is 346 g/mol. The number of hydrogen-bond acceptors (Lipinski definition) is 2. The smallest absolute Gasteiger partial charge is 0.0471 e. The highest BCUT2D eigenvalue weighted by Crippen LogP contribution is 2.29. The van der Waals surface area contributed by atoms with Gasteiger partial charge < -0.3 is 0 Å². The summed E-state index contributed by atoms with van der Waals surface area (Å²) in [7, 11) is 0. The van der Waals surface area contributed by atoms with E-state index in [1.807, 2.05) is 12.1 Å². The molecule has 0 radical (unpaired) electrons. The molecule has 1 rings (SSSR count). The predicted octanol–water partition coefficient (Wildman–Crippen LogP) is 3.52. The summed E-state index contributed by atoms with van der Waals surface area (Å²) in [6.07, 6.45) is 7.90.